The second-order valence-electron chi connectivity index (χ2n) is 4.60. The number of rotatable bonds is 3. The Morgan fingerprint density at radius 1 is 1.42 bits per heavy atom. The highest BCUT2D eigenvalue weighted by Crippen LogP contribution is 2.20. The quantitative estimate of drug-likeness (QED) is 0.865. The van der Waals surface area contributed by atoms with Gasteiger partial charge in [-0.15, -0.1) is 0 Å². The number of aliphatic carboxylic acids is 1. The van der Waals surface area contributed by atoms with Gasteiger partial charge in [0.15, 0.2) is 0 Å². The van der Waals surface area contributed by atoms with Crippen LogP contribution in [0, 0.1) is 0 Å². The lowest BCUT2D eigenvalue weighted by Gasteiger charge is -2.21. The number of nitrogens with zero attached hydrogens (tertiary/aromatic N) is 1. The summed E-state index contributed by atoms with van der Waals surface area (Å²) in [4.78, 5) is 24.4. The molecule has 2 atom stereocenters. The van der Waals surface area contributed by atoms with Crippen LogP contribution in [0.4, 0.5) is 0 Å². The van der Waals surface area contributed by atoms with Crippen LogP contribution in [0.3, 0.4) is 0 Å². The Hall–Kier alpha value is -1.59. The molecule has 0 unspecified atom stereocenters. The molecule has 1 aromatic rings. The number of hydrogen-bond donors (Lipinski definition) is 2. The van der Waals surface area contributed by atoms with Gasteiger partial charge in [-0.1, -0.05) is 23.7 Å². The topological polar surface area (TPSA) is 77.8 Å². The molecular formula is C13H14ClNO4. The molecule has 1 saturated heterocycles. The standard InChI is InChI=1S/C13H14ClNO4/c14-9-3-1-2-8(4-9)5-12(17)15-7-10(16)6-11(15)13(18)19/h1-4,10-11,16H,5-7H2,(H,18,19)/t10-,11-/m1/s1. The lowest BCUT2D eigenvalue weighted by molar-refractivity contribution is -0.148. The molecule has 0 saturated carbocycles. The lowest BCUT2D eigenvalue weighted by atomic mass is 10.1. The summed E-state index contributed by atoms with van der Waals surface area (Å²) in [6.45, 7) is 0.0658. The maximum atomic E-state index is 12.1. The number of likely N-dealkylation sites (tertiary alicyclic amines) is 1. The summed E-state index contributed by atoms with van der Waals surface area (Å²) in [6.07, 6.45) is -0.613. The third-order valence-corrected chi connectivity index (χ3v) is 3.36. The van der Waals surface area contributed by atoms with Crippen molar-refractivity contribution < 1.29 is 19.8 Å². The summed E-state index contributed by atoms with van der Waals surface area (Å²) in [5.74, 6) is -1.40. The zero-order chi connectivity index (χ0) is 14.0. The SMILES string of the molecule is O=C(O)[C@H]1C[C@@H](O)CN1C(=O)Cc1cccc(Cl)c1. The van der Waals surface area contributed by atoms with Crippen LogP contribution in [-0.2, 0) is 16.0 Å². The molecule has 6 heteroatoms. The van der Waals surface area contributed by atoms with E-state index in [0.717, 1.165) is 5.56 Å². The maximum Gasteiger partial charge on any atom is 0.326 e. The average Bonchev–Trinajstić information content (AvgIpc) is 2.71. The lowest BCUT2D eigenvalue weighted by Crippen LogP contribution is -2.41. The van der Waals surface area contributed by atoms with Crippen molar-refractivity contribution in [2.24, 2.45) is 0 Å². The van der Waals surface area contributed by atoms with E-state index >= 15 is 0 Å². The van der Waals surface area contributed by atoms with Gasteiger partial charge in [0.25, 0.3) is 0 Å². The molecule has 1 aliphatic heterocycles. The third-order valence-electron chi connectivity index (χ3n) is 3.13. The van der Waals surface area contributed by atoms with Crippen LogP contribution < -0.4 is 0 Å². The van der Waals surface area contributed by atoms with E-state index in [1.54, 1.807) is 24.3 Å². The van der Waals surface area contributed by atoms with Crippen molar-refractivity contribution in [1.82, 2.24) is 4.90 Å². The van der Waals surface area contributed by atoms with Crippen LogP contribution in [-0.4, -0.2) is 45.7 Å². The first-order valence-electron chi connectivity index (χ1n) is 5.92. The first-order valence-corrected chi connectivity index (χ1v) is 6.30. The van der Waals surface area contributed by atoms with Gasteiger partial charge in [0.05, 0.1) is 12.5 Å². The smallest absolute Gasteiger partial charge is 0.326 e. The van der Waals surface area contributed by atoms with E-state index in [-0.39, 0.29) is 25.3 Å². The number of aliphatic hydroxyl groups excluding tert-OH is 1. The zero-order valence-electron chi connectivity index (χ0n) is 10.1. The maximum absolute atomic E-state index is 12.1. The number of carbonyl (C=O) groups excluding carboxylic acids is 1. The fraction of sp³-hybridized carbons (Fsp3) is 0.385. The van der Waals surface area contributed by atoms with Crippen LogP contribution in [0.2, 0.25) is 5.02 Å². The highest BCUT2D eigenvalue weighted by atomic mass is 35.5. The van der Waals surface area contributed by atoms with E-state index in [9.17, 15) is 14.7 Å². The van der Waals surface area contributed by atoms with Gasteiger partial charge in [-0.3, -0.25) is 4.79 Å². The predicted octanol–water partition coefficient (Wildman–Crippen LogP) is 0.929. The molecule has 1 aliphatic rings. The Bertz CT molecular complexity index is 505. The fourth-order valence-electron chi connectivity index (χ4n) is 2.25. The Kier molecular flexibility index (Phi) is 4.07. The molecule has 2 rings (SSSR count). The molecule has 102 valence electrons. The summed E-state index contributed by atoms with van der Waals surface area (Å²) >= 11 is 5.83. The Morgan fingerprint density at radius 3 is 2.79 bits per heavy atom. The van der Waals surface area contributed by atoms with E-state index in [1.165, 1.54) is 4.90 Å². The van der Waals surface area contributed by atoms with Gasteiger partial charge in [0.2, 0.25) is 5.91 Å². The first kappa shape index (κ1) is 13.8. The van der Waals surface area contributed by atoms with Gasteiger partial charge in [0.1, 0.15) is 6.04 Å². The fourth-order valence-corrected chi connectivity index (χ4v) is 2.46. The number of aliphatic hydroxyl groups is 1. The molecule has 5 nitrogen and oxygen atoms in total. The van der Waals surface area contributed by atoms with Crippen molar-refractivity contribution in [3.8, 4) is 0 Å². The number of carboxylic acids is 1. The molecule has 0 radical (unpaired) electrons. The first-order chi connectivity index (χ1) is 8.97. The van der Waals surface area contributed by atoms with Crippen LogP contribution >= 0.6 is 11.6 Å². The Labute approximate surface area is 115 Å². The molecule has 0 bridgehead atoms. The normalized spacial score (nSPS) is 22.5. The number of amides is 1. The van der Waals surface area contributed by atoms with Crippen molar-refractivity contribution >= 4 is 23.5 Å². The van der Waals surface area contributed by atoms with Gasteiger partial charge in [0, 0.05) is 18.0 Å². The summed E-state index contributed by atoms with van der Waals surface area (Å²) in [7, 11) is 0. The van der Waals surface area contributed by atoms with E-state index < -0.39 is 18.1 Å². The Morgan fingerprint density at radius 2 is 2.16 bits per heavy atom. The van der Waals surface area contributed by atoms with Crippen molar-refractivity contribution in [3.05, 3.63) is 34.9 Å². The molecule has 2 N–H and O–H groups in total. The summed E-state index contributed by atoms with van der Waals surface area (Å²) in [5, 5.41) is 19.1. The number of carboxylic acid groups (broad SMARTS) is 1. The molecule has 0 spiro atoms. The third kappa shape index (κ3) is 3.24. The number of carbonyl (C=O) groups is 2. The Balaban J connectivity index is 2.09. The van der Waals surface area contributed by atoms with Crippen molar-refractivity contribution in [3.63, 3.8) is 0 Å². The molecule has 1 fully saturated rings. The van der Waals surface area contributed by atoms with Crippen LogP contribution in [0.5, 0.6) is 0 Å². The highest BCUT2D eigenvalue weighted by Gasteiger charge is 2.38. The van der Waals surface area contributed by atoms with Gasteiger partial charge >= 0.3 is 5.97 Å². The molecule has 19 heavy (non-hydrogen) atoms. The van der Waals surface area contributed by atoms with Gasteiger partial charge in [-0.05, 0) is 17.7 Å². The van der Waals surface area contributed by atoms with E-state index in [1.807, 2.05) is 0 Å². The molecule has 0 aromatic heterocycles. The summed E-state index contributed by atoms with van der Waals surface area (Å²) in [6, 6.07) is 5.92. The van der Waals surface area contributed by atoms with Crippen molar-refractivity contribution in [1.29, 1.82) is 0 Å². The van der Waals surface area contributed by atoms with Gasteiger partial charge in [-0.2, -0.15) is 0 Å². The minimum absolute atomic E-state index is 0.0658. The second kappa shape index (κ2) is 5.59. The molecular weight excluding hydrogens is 270 g/mol. The zero-order valence-corrected chi connectivity index (χ0v) is 10.9. The average molecular weight is 284 g/mol. The summed E-state index contributed by atoms with van der Waals surface area (Å²) < 4.78 is 0. The minimum Gasteiger partial charge on any atom is -0.480 e. The van der Waals surface area contributed by atoms with E-state index in [0.29, 0.717) is 5.02 Å². The predicted molar refractivity (Wildman–Crippen MR) is 68.9 cm³/mol. The summed E-state index contributed by atoms with van der Waals surface area (Å²) in [5.41, 5.74) is 0.725. The number of β-amino-alcohol motifs (C(OH)–C–C–N with tert-alkyl or cyclic N) is 1. The van der Waals surface area contributed by atoms with E-state index in [4.69, 9.17) is 16.7 Å². The molecule has 0 aliphatic carbocycles. The van der Waals surface area contributed by atoms with Crippen molar-refractivity contribution in [2.45, 2.75) is 25.0 Å². The van der Waals surface area contributed by atoms with E-state index in [2.05, 4.69) is 0 Å². The number of benzene rings is 1. The van der Waals surface area contributed by atoms with Crippen LogP contribution in [0.15, 0.2) is 24.3 Å². The van der Waals surface area contributed by atoms with Gasteiger partial charge in [-0.25, -0.2) is 4.79 Å². The van der Waals surface area contributed by atoms with Crippen LogP contribution in [0.1, 0.15) is 12.0 Å². The molecule has 1 aromatic carbocycles. The molecule has 1 heterocycles. The number of hydrogen-bond acceptors (Lipinski definition) is 3. The minimum atomic E-state index is -1.09. The highest BCUT2D eigenvalue weighted by molar-refractivity contribution is 6.30. The largest absolute Gasteiger partial charge is 0.480 e. The monoisotopic (exact) mass is 283 g/mol. The van der Waals surface area contributed by atoms with Crippen molar-refractivity contribution in [2.75, 3.05) is 6.54 Å². The van der Waals surface area contributed by atoms with Gasteiger partial charge < -0.3 is 15.1 Å². The van der Waals surface area contributed by atoms with Crippen LogP contribution in [0.25, 0.3) is 0 Å². The second-order valence-corrected chi connectivity index (χ2v) is 5.03. The molecule has 1 amide bonds. The number of halogens is 1.